The topological polar surface area (TPSA) is 30.7 Å². The lowest BCUT2D eigenvalue weighted by Crippen LogP contribution is -1.95. The first-order chi connectivity index (χ1) is 6.25. The van der Waals surface area contributed by atoms with Gasteiger partial charge in [0.1, 0.15) is 6.33 Å². The van der Waals surface area contributed by atoms with Crippen LogP contribution in [0.5, 0.6) is 0 Å². The molecule has 0 radical (unpaired) electrons. The van der Waals surface area contributed by atoms with Gasteiger partial charge in [-0.1, -0.05) is 11.6 Å². The highest BCUT2D eigenvalue weighted by Gasteiger charge is 2.03. The van der Waals surface area contributed by atoms with Crippen LogP contribution in [-0.2, 0) is 6.54 Å². The summed E-state index contributed by atoms with van der Waals surface area (Å²) in [5.41, 5.74) is 0. The zero-order valence-electron chi connectivity index (χ0n) is 6.44. The maximum absolute atomic E-state index is 5.79. The molecule has 2 heterocycles. The van der Waals surface area contributed by atoms with Crippen LogP contribution in [-0.4, -0.2) is 14.8 Å². The van der Waals surface area contributed by atoms with Crippen LogP contribution in [0.15, 0.2) is 18.5 Å². The van der Waals surface area contributed by atoms with Gasteiger partial charge in [-0.05, 0) is 23.7 Å². The lowest BCUT2D eigenvalue weighted by molar-refractivity contribution is 0.808. The fourth-order valence-electron chi connectivity index (χ4n) is 0.952. The normalized spacial score (nSPS) is 10.6. The second kappa shape index (κ2) is 3.65. The van der Waals surface area contributed by atoms with Gasteiger partial charge in [-0.2, -0.15) is 0 Å². The first-order valence-corrected chi connectivity index (χ1v) is 5.10. The van der Waals surface area contributed by atoms with E-state index in [1.807, 2.05) is 12.1 Å². The van der Waals surface area contributed by atoms with Crippen LogP contribution in [0.1, 0.15) is 4.88 Å². The van der Waals surface area contributed by atoms with Crippen molar-refractivity contribution >= 4 is 34.5 Å². The van der Waals surface area contributed by atoms with Crippen molar-refractivity contribution in [3.8, 4) is 0 Å². The van der Waals surface area contributed by atoms with Crippen molar-refractivity contribution in [2.24, 2.45) is 0 Å². The predicted octanol–water partition coefficient (Wildman–Crippen LogP) is 2.69. The monoisotopic (exact) mass is 233 g/mol. The Bertz CT molecular complexity index is 409. The molecular formula is C7H5Cl2N3S. The van der Waals surface area contributed by atoms with E-state index in [-0.39, 0.29) is 0 Å². The van der Waals surface area contributed by atoms with Crippen LogP contribution >= 0.6 is 34.5 Å². The van der Waals surface area contributed by atoms with Gasteiger partial charge < -0.3 is 0 Å². The van der Waals surface area contributed by atoms with Gasteiger partial charge in [-0.15, -0.1) is 21.5 Å². The van der Waals surface area contributed by atoms with Crippen molar-refractivity contribution in [3.63, 3.8) is 0 Å². The van der Waals surface area contributed by atoms with Gasteiger partial charge in [0.25, 0.3) is 0 Å². The zero-order chi connectivity index (χ0) is 9.26. The summed E-state index contributed by atoms with van der Waals surface area (Å²) in [5, 5.41) is 7.74. The zero-order valence-corrected chi connectivity index (χ0v) is 8.77. The summed E-state index contributed by atoms with van der Waals surface area (Å²) in [6.45, 7) is 0.670. The molecule has 0 aromatic carbocycles. The van der Waals surface area contributed by atoms with Crippen molar-refractivity contribution in [2.45, 2.75) is 6.54 Å². The van der Waals surface area contributed by atoms with Gasteiger partial charge >= 0.3 is 0 Å². The Hall–Kier alpha value is -0.580. The molecule has 0 bridgehead atoms. The Kier molecular flexibility index (Phi) is 2.53. The molecule has 0 unspecified atom stereocenters. The van der Waals surface area contributed by atoms with Crippen LogP contribution in [0.2, 0.25) is 9.62 Å². The number of nitrogens with zero attached hydrogens (tertiary/aromatic N) is 3. The molecule has 0 aliphatic heterocycles. The van der Waals surface area contributed by atoms with E-state index < -0.39 is 0 Å². The highest BCUT2D eigenvalue weighted by molar-refractivity contribution is 7.16. The van der Waals surface area contributed by atoms with Crippen LogP contribution in [0.4, 0.5) is 0 Å². The fraction of sp³-hybridized carbons (Fsp3) is 0.143. The summed E-state index contributed by atoms with van der Waals surface area (Å²) in [4.78, 5) is 1.13. The van der Waals surface area contributed by atoms with Gasteiger partial charge in [0.15, 0.2) is 0 Å². The molecule has 0 fully saturated rings. The highest BCUT2D eigenvalue weighted by atomic mass is 35.5. The molecule has 0 atom stereocenters. The summed E-state index contributed by atoms with van der Waals surface area (Å²) in [7, 11) is 0. The number of thiophene rings is 1. The molecule has 0 spiro atoms. The SMILES string of the molecule is Clc1ccc(Cn2cnnc2Cl)s1. The average molecular weight is 234 g/mol. The minimum absolute atomic E-state index is 0.393. The molecule has 3 nitrogen and oxygen atoms in total. The second-order valence-electron chi connectivity index (χ2n) is 2.43. The third kappa shape index (κ3) is 2.02. The third-order valence-electron chi connectivity index (χ3n) is 1.52. The summed E-state index contributed by atoms with van der Waals surface area (Å²) in [5.74, 6) is 0. The molecule has 6 heteroatoms. The van der Waals surface area contributed by atoms with Gasteiger partial charge in [0.05, 0.1) is 10.9 Å². The standard InChI is InChI=1S/C7H5Cl2N3S/c8-6-2-1-5(13-6)3-12-4-10-11-7(12)9/h1-2,4H,3H2. The Labute approximate surface area is 88.9 Å². The molecular weight excluding hydrogens is 229 g/mol. The smallest absolute Gasteiger partial charge is 0.225 e. The van der Waals surface area contributed by atoms with Crippen molar-refractivity contribution in [1.29, 1.82) is 0 Å². The highest BCUT2D eigenvalue weighted by Crippen LogP contribution is 2.22. The maximum Gasteiger partial charge on any atom is 0.225 e. The summed E-state index contributed by atoms with van der Waals surface area (Å²) in [6.07, 6.45) is 1.59. The summed E-state index contributed by atoms with van der Waals surface area (Å²) >= 11 is 13.1. The first kappa shape index (κ1) is 8.99. The maximum atomic E-state index is 5.79. The Morgan fingerprint density at radius 1 is 1.38 bits per heavy atom. The number of hydrogen-bond acceptors (Lipinski definition) is 3. The molecule has 2 aromatic rings. The molecule has 0 saturated heterocycles. The van der Waals surface area contributed by atoms with E-state index >= 15 is 0 Å². The van der Waals surface area contributed by atoms with Crippen LogP contribution in [0.3, 0.4) is 0 Å². The van der Waals surface area contributed by atoms with E-state index in [0.29, 0.717) is 11.8 Å². The van der Waals surface area contributed by atoms with Crippen molar-refractivity contribution in [1.82, 2.24) is 14.8 Å². The molecule has 13 heavy (non-hydrogen) atoms. The quantitative estimate of drug-likeness (QED) is 0.799. The van der Waals surface area contributed by atoms with Crippen molar-refractivity contribution < 1.29 is 0 Å². The van der Waals surface area contributed by atoms with Gasteiger partial charge in [0.2, 0.25) is 5.28 Å². The summed E-state index contributed by atoms with van der Waals surface area (Å²) in [6, 6.07) is 3.82. The molecule has 0 aliphatic rings. The molecule has 0 aliphatic carbocycles. The largest absolute Gasteiger partial charge is 0.299 e. The molecule has 2 aromatic heterocycles. The number of rotatable bonds is 2. The predicted molar refractivity (Wildman–Crippen MR) is 53.5 cm³/mol. The van der Waals surface area contributed by atoms with Gasteiger partial charge in [0, 0.05) is 4.88 Å². The number of aromatic nitrogens is 3. The average Bonchev–Trinajstić information content (AvgIpc) is 2.64. The molecule has 0 amide bonds. The van der Waals surface area contributed by atoms with E-state index in [1.165, 1.54) is 11.3 Å². The number of hydrogen-bond donors (Lipinski definition) is 0. The van der Waals surface area contributed by atoms with Crippen molar-refractivity contribution in [3.05, 3.63) is 33.0 Å². The minimum atomic E-state index is 0.393. The Morgan fingerprint density at radius 2 is 2.23 bits per heavy atom. The van der Waals surface area contributed by atoms with Crippen LogP contribution < -0.4 is 0 Å². The van der Waals surface area contributed by atoms with E-state index in [0.717, 1.165) is 9.21 Å². The van der Waals surface area contributed by atoms with E-state index in [1.54, 1.807) is 10.9 Å². The van der Waals surface area contributed by atoms with Crippen LogP contribution in [0.25, 0.3) is 0 Å². The van der Waals surface area contributed by atoms with Crippen LogP contribution in [0, 0.1) is 0 Å². The molecule has 0 saturated carbocycles. The molecule has 2 rings (SSSR count). The Balaban J connectivity index is 2.19. The van der Waals surface area contributed by atoms with Crippen molar-refractivity contribution in [2.75, 3.05) is 0 Å². The third-order valence-corrected chi connectivity index (χ3v) is 3.03. The Morgan fingerprint density at radius 3 is 2.77 bits per heavy atom. The van der Waals surface area contributed by atoms with Gasteiger partial charge in [-0.25, -0.2) is 0 Å². The lowest BCUT2D eigenvalue weighted by atomic mass is 10.5. The van der Waals surface area contributed by atoms with E-state index in [4.69, 9.17) is 23.2 Å². The van der Waals surface area contributed by atoms with E-state index in [2.05, 4.69) is 10.2 Å². The lowest BCUT2D eigenvalue weighted by Gasteiger charge is -1.97. The number of halogens is 2. The fourth-order valence-corrected chi connectivity index (χ4v) is 2.19. The van der Waals surface area contributed by atoms with E-state index in [9.17, 15) is 0 Å². The minimum Gasteiger partial charge on any atom is -0.299 e. The summed E-state index contributed by atoms with van der Waals surface area (Å²) < 4.78 is 2.53. The second-order valence-corrected chi connectivity index (χ2v) is 4.57. The molecule has 0 N–H and O–H groups in total. The van der Waals surface area contributed by atoms with Gasteiger partial charge in [-0.3, -0.25) is 4.57 Å². The first-order valence-electron chi connectivity index (χ1n) is 3.53. The molecule has 68 valence electrons.